The number of aromatic nitrogens is 2. The van der Waals surface area contributed by atoms with E-state index in [1.54, 1.807) is 16.9 Å². The van der Waals surface area contributed by atoms with E-state index in [-0.39, 0.29) is 11.9 Å². The predicted octanol–water partition coefficient (Wildman–Crippen LogP) is 4.28. The average molecular weight is 423 g/mol. The van der Waals surface area contributed by atoms with Gasteiger partial charge in [0, 0.05) is 36.4 Å². The zero-order valence-corrected chi connectivity index (χ0v) is 18.5. The van der Waals surface area contributed by atoms with Crippen LogP contribution in [0, 0.1) is 18.8 Å². The van der Waals surface area contributed by atoms with Gasteiger partial charge in [-0.2, -0.15) is 0 Å². The molecular weight excluding hydrogens is 392 g/mol. The molecule has 4 atom stereocenters. The number of carbonyl (C=O) groups excluding carboxylic acids is 1. The van der Waals surface area contributed by atoms with Crippen LogP contribution in [0.3, 0.4) is 0 Å². The Labute approximate surface area is 182 Å². The lowest BCUT2D eigenvalue weighted by Gasteiger charge is -2.54. The van der Waals surface area contributed by atoms with Crippen molar-refractivity contribution in [2.75, 3.05) is 19.6 Å². The lowest BCUT2D eigenvalue weighted by Crippen LogP contribution is -2.60. The van der Waals surface area contributed by atoms with Crippen LogP contribution in [0.5, 0.6) is 0 Å². The first-order valence-electron chi connectivity index (χ1n) is 11.6. The van der Waals surface area contributed by atoms with Crippen molar-refractivity contribution in [1.29, 1.82) is 0 Å². The van der Waals surface area contributed by atoms with Crippen LogP contribution in [0.2, 0.25) is 0 Å². The van der Waals surface area contributed by atoms with Crippen LogP contribution >= 0.6 is 11.3 Å². The van der Waals surface area contributed by atoms with Gasteiger partial charge in [0.2, 0.25) is 0 Å². The minimum Gasteiger partial charge on any atom is -0.330 e. The zero-order valence-electron chi connectivity index (χ0n) is 17.7. The second-order valence-electron chi connectivity index (χ2n) is 9.50. The van der Waals surface area contributed by atoms with Gasteiger partial charge >= 0.3 is 0 Å². The van der Waals surface area contributed by atoms with Crippen molar-refractivity contribution in [3.8, 4) is 5.13 Å². The van der Waals surface area contributed by atoms with E-state index >= 15 is 0 Å². The molecule has 3 aliphatic heterocycles. The molecule has 5 heterocycles. The molecule has 0 aromatic carbocycles. The second-order valence-corrected chi connectivity index (χ2v) is 10.7. The van der Waals surface area contributed by atoms with Crippen LogP contribution < -0.4 is 0 Å². The number of thiazole rings is 1. The van der Waals surface area contributed by atoms with Crippen molar-refractivity contribution >= 4 is 17.2 Å². The number of fused-ring (bicyclic) bond motifs is 6. The number of aryl methyl sites for hydroxylation is 1. The van der Waals surface area contributed by atoms with Gasteiger partial charge in [-0.25, -0.2) is 4.98 Å². The molecule has 158 valence electrons. The molecule has 6 heteroatoms. The van der Waals surface area contributed by atoms with E-state index in [9.17, 15) is 4.79 Å². The van der Waals surface area contributed by atoms with Crippen molar-refractivity contribution in [1.82, 2.24) is 19.4 Å². The number of piperidine rings is 3. The monoisotopic (exact) mass is 422 g/mol. The highest BCUT2D eigenvalue weighted by molar-refractivity contribution is 7.14. The topological polar surface area (TPSA) is 41.4 Å². The summed E-state index contributed by atoms with van der Waals surface area (Å²) in [6, 6.07) is 5.02. The highest BCUT2D eigenvalue weighted by Gasteiger charge is 2.47. The molecule has 0 radical (unpaired) electrons. The molecule has 2 aromatic heterocycles. The summed E-state index contributed by atoms with van der Waals surface area (Å²) in [5.41, 5.74) is 2.19. The third-order valence-electron chi connectivity index (χ3n) is 7.73. The molecule has 6 rings (SSSR count). The van der Waals surface area contributed by atoms with Crippen molar-refractivity contribution in [2.24, 2.45) is 11.8 Å². The summed E-state index contributed by atoms with van der Waals surface area (Å²) >= 11 is 1.61. The molecule has 1 amide bonds. The fourth-order valence-corrected chi connectivity index (χ4v) is 7.36. The number of amides is 1. The first-order valence-corrected chi connectivity index (χ1v) is 12.4. The lowest BCUT2D eigenvalue weighted by atomic mass is 9.68. The lowest BCUT2D eigenvalue weighted by molar-refractivity contribution is 0.00131. The Morgan fingerprint density at radius 2 is 2.03 bits per heavy atom. The predicted molar refractivity (Wildman–Crippen MR) is 119 cm³/mol. The molecule has 0 saturated carbocycles. The maximum absolute atomic E-state index is 13.7. The third-order valence-corrected chi connectivity index (χ3v) is 8.72. The fourth-order valence-electron chi connectivity index (χ4n) is 6.49. The Balaban J connectivity index is 1.31. The molecule has 2 bridgehead atoms. The van der Waals surface area contributed by atoms with E-state index in [1.165, 1.54) is 38.6 Å². The van der Waals surface area contributed by atoms with E-state index < -0.39 is 0 Å². The van der Waals surface area contributed by atoms with Crippen LogP contribution in [0.25, 0.3) is 5.13 Å². The second kappa shape index (κ2) is 7.34. The van der Waals surface area contributed by atoms with Crippen molar-refractivity contribution < 1.29 is 4.79 Å². The fraction of sp³-hybridized carbons (Fsp3) is 0.583. The van der Waals surface area contributed by atoms with E-state index in [0.29, 0.717) is 17.5 Å². The van der Waals surface area contributed by atoms with Gasteiger partial charge in [-0.05, 0) is 69.5 Å². The summed E-state index contributed by atoms with van der Waals surface area (Å²) in [5, 5.41) is 0.881. The number of hydrogen-bond acceptors (Lipinski definition) is 4. The van der Waals surface area contributed by atoms with E-state index in [2.05, 4.69) is 15.9 Å². The molecule has 30 heavy (non-hydrogen) atoms. The Kier molecular flexibility index (Phi) is 4.61. The smallest absolute Gasteiger partial charge is 0.274 e. The minimum atomic E-state index is 0.136. The SMILES string of the molecule is Cc1sc(-n2cccc2)nc1C(=O)N1CCCC2=C[C@H]3C[C@H](CN4CCCC[C@H]34)[C@@H]21. The number of carbonyl (C=O) groups is 1. The van der Waals surface area contributed by atoms with Crippen molar-refractivity contribution in [3.63, 3.8) is 0 Å². The first-order chi connectivity index (χ1) is 14.7. The van der Waals surface area contributed by atoms with Gasteiger partial charge in [0.15, 0.2) is 5.13 Å². The van der Waals surface area contributed by atoms with Gasteiger partial charge in [-0.1, -0.05) is 18.1 Å². The molecule has 3 saturated heterocycles. The molecule has 1 aliphatic carbocycles. The third kappa shape index (κ3) is 2.99. The Morgan fingerprint density at radius 1 is 1.17 bits per heavy atom. The van der Waals surface area contributed by atoms with Gasteiger partial charge in [0.1, 0.15) is 5.69 Å². The standard InChI is InChI=1S/C24H30N4OS/c1-16-21(25-24(30-16)26-9-4-5-10-26)23(29)28-12-6-7-17-13-18-14-19(22(17)28)15-27-11-3-2-8-20(18)27/h4-5,9-10,13,18-20,22H,2-3,6-8,11-12,14-15H2,1H3/t18-,19+,20+,22+/m0/s1. The van der Waals surface area contributed by atoms with Gasteiger partial charge in [-0.15, -0.1) is 11.3 Å². The van der Waals surface area contributed by atoms with Gasteiger partial charge < -0.3 is 9.47 Å². The molecule has 5 nitrogen and oxygen atoms in total. The molecule has 3 fully saturated rings. The zero-order chi connectivity index (χ0) is 20.2. The Hall–Kier alpha value is -1.92. The largest absolute Gasteiger partial charge is 0.330 e. The minimum absolute atomic E-state index is 0.136. The molecule has 2 aromatic rings. The summed E-state index contributed by atoms with van der Waals surface area (Å²) in [5.74, 6) is 1.42. The number of hydrogen-bond donors (Lipinski definition) is 0. The van der Waals surface area contributed by atoms with Crippen LogP contribution in [0.4, 0.5) is 0 Å². The molecule has 0 unspecified atom stereocenters. The van der Waals surface area contributed by atoms with E-state index in [1.807, 2.05) is 36.0 Å². The van der Waals surface area contributed by atoms with Gasteiger partial charge in [0.05, 0.1) is 6.04 Å². The quantitative estimate of drug-likeness (QED) is 0.679. The number of nitrogens with zero attached hydrogens (tertiary/aromatic N) is 4. The maximum Gasteiger partial charge on any atom is 0.274 e. The Morgan fingerprint density at radius 3 is 2.90 bits per heavy atom. The highest BCUT2D eigenvalue weighted by Crippen LogP contribution is 2.45. The molecule has 0 spiro atoms. The first kappa shape index (κ1) is 18.8. The van der Waals surface area contributed by atoms with Crippen molar-refractivity contribution in [3.05, 3.63) is 46.7 Å². The number of likely N-dealkylation sites (tertiary alicyclic amines) is 1. The number of rotatable bonds is 2. The van der Waals surface area contributed by atoms with Gasteiger partial charge in [0.25, 0.3) is 5.91 Å². The summed E-state index contributed by atoms with van der Waals surface area (Å²) < 4.78 is 2.00. The summed E-state index contributed by atoms with van der Waals surface area (Å²) in [6.07, 6.45) is 14.1. The van der Waals surface area contributed by atoms with Crippen molar-refractivity contribution in [2.45, 2.75) is 57.5 Å². The van der Waals surface area contributed by atoms with Gasteiger partial charge in [-0.3, -0.25) is 9.69 Å². The summed E-state index contributed by atoms with van der Waals surface area (Å²) in [6.45, 7) is 5.31. The van der Waals surface area contributed by atoms with Crippen LogP contribution in [-0.4, -0.2) is 57.0 Å². The van der Waals surface area contributed by atoms with Crippen LogP contribution in [0.15, 0.2) is 36.2 Å². The highest BCUT2D eigenvalue weighted by atomic mass is 32.1. The van der Waals surface area contributed by atoms with E-state index in [0.717, 1.165) is 35.6 Å². The Bertz CT molecular complexity index is 978. The normalized spacial score (nSPS) is 31.1. The van der Waals surface area contributed by atoms with Crippen LogP contribution in [0.1, 0.15) is 53.9 Å². The van der Waals surface area contributed by atoms with E-state index in [4.69, 9.17) is 4.98 Å². The summed E-state index contributed by atoms with van der Waals surface area (Å²) in [7, 11) is 0. The molecular formula is C24H30N4OS. The molecule has 4 aliphatic rings. The average Bonchev–Trinajstić information content (AvgIpc) is 3.43. The van der Waals surface area contributed by atoms with Crippen LogP contribution in [-0.2, 0) is 0 Å². The maximum atomic E-state index is 13.7. The molecule has 0 N–H and O–H groups in total. The summed E-state index contributed by atoms with van der Waals surface area (Å²) in [4.78, 5) is 24.4.